The van der Waals surface area contributed by atoms with Crippen LogP contribution in [0.4, 0.5) is 11.4 Å². The fourth-order valence-electron chi connectivity index (χ4n) is 2.10. The lowest BCUT2D eigenvalue weighted by molar-refractivity contribution is -0.385. The van der Waals surface area contributed by atoms with Gasteiger partial charge in [0.1, 0.15) is 0 Å². The van der Waals surface area contributed by atoms with Crippen molar-refractivity contribution in [3.63, 3.8) is 0 Å². The predicted octanol–water partition coefficient (Wildman–Crippen LogP) is 3.74. The van der Waals surface area contributed by atoms with Crippen LogP contribution in [0.25, 0.3) is 0 Å². The number of amides is 1. The van der Waals surface area contributed by atoms with E-state index in [0.29, 0.717) is 10.7 Å². The zero-order chi connectivity index (χ0) is 18.6. The number of rotatable bonds is 5. The number of carbonyl (C=O) groups is 2. The Hall–Kier alpha value is -2.93. The van der Waals surface area contributed by atoms with Crippen molar-refractivity contribution in [3.8, 4) is 0 Å². The Morgan fingerprint density at radius 2 is 1.84 bits per heavy atom. The molecular formula is C17H15ClN2O5. The molecule has 0 aliphatic rings. The third-order valence-corrected chi connectivity index (χ3v) is 3.74. The molecule has 2 rings (SSSR count). The van der Waals surface area contributed by atoms with Crippen LogP contribution in [0, 0.1) is 17.0 Å². The molecular weight excluding hydrogens is 348 g/mol. The molecule has 0 bridgehead atoms. The maximum atomic E-state index is 12.2. The van der Waals surface area contributed by atoms with Crippen molar-refractivity contribution in [3.05, 3.63) is 68.7 Å². The molecule has 1 atom stereocenters. The molecule has 25 heavy (non-hydrogen) atoms. The molecule has 0 radical (unpaired) electrons. The zero-order valence-corrected chi connectivity index (χ0v) is 14.2. The van der Waals surface area contributed by atoms with E-state index in [-0.39, 0.29) is 16.8 Å². The highest BCUT2D eigenvalue weighted by Crippen LogP contribution is 2.22. The van der Waals surface area contributed by atoms with E-state index in [1.807, 2.05) is 0 Å². The molecule has 0 unspecified atom stereocenters. The number of esters is 1. The second-order valence-corrected chi connectivity index (χ2v) is 5.69. The Balaban J connectivity index is 2.07. The molecule has 0 heterocycles. The van der Waals surface area contributed by atoms with E-state index >= 15 is 0 Å². The molecule has 0 aliphatic carbocycles. The normalized spacial score (nSPS) is 11.5. The summed E-state index contributed by atoms with van der Waals surface area (Å²) in [7, 11) is 0. The van der Waals surface area contributed by atoms with Crippen molar-refractivity contribution in [1.29, 1.82) is 0 Å². The van der Waals surface area contributed by atoms with Crippen molar-refractivity contribution < 1.29 is 19.2 Å². The number of benzene rings is 2. The average Bonchev–Trinajstić information content (AvgIpc) is 2.56. The number of ether oxygens (including phenoxy) is 1. The number of hydrogen-bond acceptors (Lipinski definition) is 5. The van der Waals surface area contributed by atoms with Crippen molar-refractivity contribution in [2.24, 2.45) is 0 Å². The van der Waals surface area contributed by atoms with Crippen LogP contribution in [-0.4, -0.2) is 22.9 Å². The highest BCUT2D eigenvalue weighted by molar-refractivity contribution is 6.30. The summed E-state index contributed by atoms with van der Waals surface area (Å²) in [4.78, 5) is 34.7. The van der Waals surface area contributed by atoms with Gasteiger partial charge in [0.25, 0.3) is 11.6 Å². The molecule has 0 aliphatic heterocycles. The molecule has 0 saturated carbocycles. The van der Waals surface area contributed by atoms with Crippen molar-refractivity contribution in [2.75, 3.05) is 5.32 Å². The number of halogens is 1. The maximum Gasteiger partial charge on any atom is 0.339 e. The highest BCUT2D eigenvalue weighted by Gasteiger charge is 2.23. The molecule has 2 aromatic rings. The van der Waals surface area contributed by atoms with Gasteiger partial charge in [-0.25, -0.2) is 4.79 Å². The van der Waals surface area contributed by atoms with Crippen LogP contribution < -0.4 is 5.32 Å². The summed E-state index contributed by atoms with van der Waals surface area (Å²) in [5, 5.41) is 14.0. The molecule has 0 spiro atoms. The average molecular weight is 363 g/mol. The van der Waals surface area contributed by atoms with Gasteiger partial charge in [-0.1, -0.05) is 17.7 Å². The molecule has 0 saturated heterocycles. The van der Waals surface area contributed by atoms with Crippen LogP contribution in [-0.2, 0) is 9.53 Å². The third kappa shape index (κ3) is 4.54. The molecule has 130 valence electrons. The first-order chi connectivity index (χ1) is 11.8. The van der Waals surface area contributed by atoms with E-state index in [1.165, 1.54) is 32.0 Å². The first-order valence-electron chi connectivity index (χ1n) is 7.31. The van der Waals surface area contributed by atoms with Crippen LogP contribution in [0.5, 0.6) is 0 Å². The van der Waals surface area contributed by atoms with Gasteiger partial charge >= 0.3 is 5.97 Å². The predicted molar refractivity (Wildman–Crippen MR) is 92.8 cm³/mol. The maximum absolute atomic E-state index is 12.2. The molecule has 0 aromatic heterocycles. The van der Waals surface area contributed by atoms with E-state index in [1.54, 1.807) is 24.3 Å². The first-order valence-corrected chi connectivity index (χ1v) is 7.69. The molecule has 0 fully saturated rings. The minimum absolute atomic E-state index is 0.0420. The molecule has 1 amide bonds. The Morgan fingerprint density at radius 1 is 1.20 bits per heavy atom. The molecule has 1 N–H and O–H groups in total. The first kappa shape index (κ1) is 18.4. The Morgan fingerprint density at radius 3 is 2.44 bits per heavy atom. The van der Waals surface area contributed by atoms with Gasteiger partial charge in [0.15, 0.2) is 6.10 Å². The molecule has 7 nitrogen and oxygen atoms in total. The molecule has 8 heteroatoms. The SMILES string of the molecule is Cc1c(C(=O)O[C@H](C)C(=O)Nc2ccc(Cl)cc2)cccc1[N+](=O)[O-]. The van der Waals surface area contributed by atoms with Gasteiger partial charge in [-0.05, 0) is 44.2 Å². The van der Waals surface area contributed by atoms with Gasteiger partial charge in [-0.15, -0.1) is 0 Å². The molecule has 2 aromatic carbocycles. The standard InChI is InChI=1S/C17H15ClN2O5/c1-10-14(4-3-5-15(10)20(23)24)17(22)25-11(2)16(21)19-13-8-6-12(18)7-9-13/h3-9,11H,1-2H3,(H,19,21)/t11-/m1/s1. The summed E-state index contributed by atoms with van der Waals surface area (Å²) in [6.45, 7) is 2.86. The van der Waals surface area contributed by atoms with Crippen LogP contribution >= 0.6 is 11.6 Å². The number of carbonyl (C=O) groups excluding carboxylic acids is 2. The monoisotopic (exact) mass is 362 g/mol. The van der Waals surface area contributed by atoms with Crippen LogP contribution in [0.15, 0.2) is 42.5 Å². The number of nitrogens with zero attached hydrogens (tertiary/aromatic N) is 1. The summed E-state index contributed by atoms with van der Waals surface area (Å²) in [5.41, 5.74) is 0.541. The summed E-state index contributed by atoms with van der Waals surface area (Å²) >= 11 is 5.77. The van der Waals surface area contributed by atoms with Gasteiger partial charge in [-0.2, -0.15) is 0 Å². The van der Waals surface area contributed by atoms with Crippen LogP contribution in [0.3, 0.4) is 0 Å². The lowest BCUT2D eigenvalue weighted by Gasteiger charge is -2.14. The number of hydrogen-bond donors (Lipinski definition) is 1. The topological polar surface area (TPSA) is 98.5 Å². The summed E-state index contributed by atoms with van der Waals surface area (Å²) < 4.78 is 5.11. The van der Waals surface area contributed by atoms with Gasteiger partial charge in [0.05, 0.1) is 10.5 Å². The van der Waals surface area contributed by atoms with Crippen molar-refractivity contribution in [1.82, 2.24) is 0 Å². The smallest absolute Gasteiger partial charge is 0.339 e. The lowest BCUT2D eigenvalue weighted by atomic mass is 10.1. The number of nitrogens with one attached hydrogen (secondary N) is 1. The summed E-state index contributed by atoms with van der Waals surface area (Å²) in [6, 6.07) is 10.5. The largest absolute Gasteiger partial charge is 0.449 e. The van der Waals surface area contributed by atoms with E-state index in [2.05, 4.69) is 5.32 Å². The Kier molecular flexibility index (Phi) is 5.71. The van der Waals surface area contributed by atoms with E-state index < -0.39 is 22.9 Å². The number of nitro benzene ring substituents is 1. The third-order valence-electron chi connectivity index (χ3n) is 3.49. The van der Waals surface area contributed by atoms with Crippen molar-refractivity contribution >= 4 is 34.9 Å². The summed E-state index contributed by atoms with van der Waals surface area (Å²) in [5.74, 6) is -1.33. The Labute approximate surface area is 148 Å². The summed E-state index contributed by atoms with van der Waals surface area (Å²) in [6.07, 6.45) is -1.08. The van der Waals surface area contributed by atoms with Crippen molar-refractivity contribution in [2.45, 2.75) is 20.0 Å². The highest BCUT2D eigenvalue weighted by atomic mass is 35.5. The second-order valence-electron chi connectivity index (χ2n) is 5.25. The van der Waals surface area contributed by atoms with E-state index in [0.717, 1.165) is 0 Å². The van der Waals surface area contributed by atoms with Gasteiger partial charge in [-0.3, -0.25) is 14.9 Å². The second kappa shape index (κ2) is 7.76. The van der Waals surface area contributed by atoms with Crippen LogP contribution in [0.1, 0.15) is 22.8 Å². The number of nitro groups is 1. The zero-order valence-electron chi connectivity index (χ0n) is 13.5. The lowest BCUT2D eigenvalue weighted by Crippen LogP contribution is -2.30. The fourth-order valence-corrected chi connectivity index (χ4v) is 2.22. The minimum atomic E-state index is -1.08. The van der Waals surface area contributed by atoms with E-state index in [4.69, 9.17) is 16.3 Å². The minimum Gasteiger partial charge on any atom is -0.449 e. The van der Waals surface area contributed by atoms with E-state index in [9.17, 15) is 19.7 Å². The van der Waals surface area contributed by atoms with Gasteiger partial charge < -0.3 is 10.1 Å². The van der Waals surface area contributed by atoms with Gasteiger partial charge in [0, 0.05) is 22.3 Å². The fraction of sp³-hybridized carbons (Fsp3) is 0.176. The van der Waals surface area contributed by atoms with Gasteiger partial charge in [0.2, 0.25) is 0 Å². The quantitative estimate of drug-likeness (QED) is 0.496. The Bertz CT molecular complexity index is 820. The van der Waals surface area contributed by atoms with Crippen LogP contribution in [0.2, 0.25) is 5.02 Å². The number of anilines is 1.